The van der Waals surface area contributed by atoms with Crippen molar-refractivity contribution in [2.45, 2.75) is 33.7 Å². The molecule has 6 heteroatoms. The zero-order valence-corrected chi connectivity index (χ0v) is 13.7. The van der Waals surface area contributed by atoms with E-state index in [0.717, 1.165) is 0 Å². The molecule has 5 nitrogen and oxygen atoms in total. The molecule has 118 valence electrons. The Kier molecular flexibility index (Phi) is 7.39. The van der Waals surface area contributed by atoms with Crippen molar-refractivity contribution in [2.24, 2.45) is 11.1 Å². The topological polar surface area (TPSA) is 84.2 Å². The molecule has 0 aliphatic heterocycles. The van der Waals surface area contributed by atoms with Gasteiger partial charge in [-0.1, -0.05) is 20.8 Å². The molecule has 21 heavy (non-hydrogen) atoms. The molecule has 0 saturated carbocycles. The molecule has 0 aromatic heterocycles. The predicted octanol–water partition coefficient (Wildman–Crippen LogP) is 2.17. The minimum atomic E-state index is -0.592. The first-order valence-electron chi connectivity index (χ1n) is 6.70. The summed E-state index contributed by atoms with van der Waals surface area (Å²) in [6.45, 7) is 8.18. The Morgan fingerprint density at radius 2 is 1.71 bits per heavy atom. The van der Waals surface area contributed by atoms with Gasteiger partial charge in [-0.05, 0) is 36.6 Å². The van der Waals surface area contributed by atoms with Crippen molar-refractivity contribution in [3.05, 3.63) is 29.8 Å². The lowest BCUT2D eigenvalue weighted by Crippen LogP contribution is -2.45. The quantitative estimate of drug-likeness (QED) is 0.796. The summed E-state index contributed by atoms with van der Waals surface area (Å²) in [7, 11) is 0. The molecule has 1 aromatic rings. The first-order chi connectivity index (χ1) is 9.25. The predicted molar refractivity (Wildman–Crippen MR) is 87.8 cm³/mol. The van der Waals surface area contributed by atoms with Gasteiger partial charge >= 0.3 is 0 Å². The van der Waals surface area contributed by atoms with Crippen LogP contribution >= 0.6 is 12.4 Å². The van der Waals surface area contributed by atoms with Crippen molar-refractivity contribution in [3.8, 4) is 0 Å². The van der Waals surface area contributed by atoms with Gasteiger partial charge < -0.3 is 16.4 Å². The second-order valence-corrected chi connectivity index (χ2v) is 5.77. The molecule has 0 unspecified atom stereocenters. The van der Waals surface area contributed by atoms with E-state index in [9.17, 15) is 9.59 Å². The molecule has 1 aromatic carbocycles. The van der Waals surface area contributed by atoms with E-state index in [4.69, 9.17) is 5.73 Å². The molecular formula is C15H24ClN3O2. The van der Waals surface area contributed by atoms with Crippen LogP contribution in [0, 0.1) is 5.41 Å². The number of benzene rings is 1. The SMILES string of the molecule is CCNC(=O)c1ccc(NC(=O)[C@@H](N)C(C)(C)C)cc1.Cl. The Hall–Kier alpha value is -1.59. The lowest BCUT2D eigenvalue weighted by atomic mass is 9.87. The van der Waals surface area contributed by atoms with Gasteiger partial charge in [0, 0.05) is 17.8 Å². The number of anilines is 1. The van der Waals surface area contributed by atoms with Gasteiger partial charge in [0.05, 0.1) is 6.04 Å². The molecule has 2 amide bonds. The van der Waals surface area contributed by atoms with E-state index < -0.39 is 6.04 Å². The van der Waals surface area contributed by atoms with Crippen molar-refractivity contribution in [1.82, 2.24) is 5.32 Å². The van der Waals surface area contributed by atoms with Gasteiger partial charge in [0.25, 0.3) is 5.91 Å². The third-order valence-electron chi connectivity index (χ3n) is 2.97. The number of rotatable bonds is 4. The Morgan fingerprint density at radius 1 is 1.19 bits per heavy atom. The zero-order valence-electron chi connectivity index (χ0n) is 12.9. The molecule has 0 bridgehead atoms. The summed E-state index contributed by atoms with van der Waals surface area (Å²) in [6, 6.07) is 6.13. The molecule has 0 aliphatic carbocycles. The summed E-state index contributed by atoms with van der Waals surface area (Å²) in [4.78, 5) is 23.6. The number of carbonyl (C=O) groups is 2. The molecule has 1 atom stereocenters. The summed E-state index contributed by atoms with van der Waals surface area (Å²) in [5.41, 5.74) is 6.77. The number of halogens is 1. The van der Waals surface area contributed by atoms with Crippen LogP contribution in [-0.2, 0) is 4.79 Å². The highest BCUT2D eigenvalue weighted by Gasteiger charge is 2.27. The monoisotopic (exact) mass is 313 g/mol. The fourth-order valence-electron chi connectivity index (χ4n) is 1.58. The van der Waals surface area contributed by atoms with Crippen molar-refractivity contribution >= 4 is 29.9 Å². The van der Waals surface area contributed by atoms with Crippen LogP contribution in [-0.4, -0.2) is 24.4 Å². The second kappa shape index (κ2) is 8.00. The summed E-state index contributed by atoms with van der Waals surface area (Å²) in [6.07, 6.45) is 0. The number of hydrogen-bond donors (Lipinski definition) is 3. The van der Waals surface area contributed by atoms with Gasteiger partial charge in [-0.3, -0.25) is 9.59 Å². The van der Waals surface area contributed by atoms with Gasteiger partial charge in [0.1, 0.15) is 0 Å². The maximum absolute atomic E-state index is 12.0. The molecule has 1 rings (SSSR count). The van der Waals surface area contributed by atoms with Crippen LogP contribution < -0.4 is 16.4 Å². The van der Waals surface area contributed by atoms with Gasteiger partial charge in [-0.15, -0.1) is 12.4 Å². The minimum absolute atomic E-state index is 0. The van der Waals surface area contributed by atoms with Crippen LogP contribution in [0.25, 0.3) is 0 Å². The van der Waals surface area contributed by atoms with E-state index in [-0.39, 0.29) is 29.6 Å². The lowest BCUT2D eigenvalue weighted by Gasteiger charge is -2.25. The molecule has 0 fully saturated rings. The van der Waals surface area contributed by atoms with E-state index in [1.807, 2.05) is 27.7 Å². The Morgan fingerprint density at radius 3 is 2.14 bits per heavy atom. The van der Waals surface area contributed by atoms with Crippen molar-refractivity contribution in [1.29, 1.82) is 0 Å². The normalized spacial score (nSPS) is 12.0. The third-order valence-corrected chi connectivity index (χ3v) is 2.97. The smallest absolute Gasteiger partial charge is 0.251 e. The zero-order chi connectivity index (χ0) is 15.3. The van der Waals surface area contributed by atoms with Crippen LogP contribution in [0.5, 0.6) is 0 Å². The number of nitrogens with one attached hydrogen (secondary N) is 2. The highest BCUT2D eigenvalue weighted by Crippen LogP contribution is 2.19. The fraction of sp³-hybridized carbons (Fsp3) is 0.467. The summed E-state index contributed by atoms with van der Waals surface area (Å²) in [5.74, 6) is -0.361. The van der Waals surface area contributed by atoms with E-state index in [0.29, 0.717) is 17.8 Å². The van der Waals surface area contributed by atoms with E-state index in [1.54, 1.807) is 24.3 Å². The summed E-state index contributed by atoms with van der Waals surface area (Å²) >= 11 is 0. The minimum Gasteiger partial charge on any atom is -0.352 e. The lowest BCUT2D eigenvalue weighted by molar-refractivity contribution is -0.119. The van der Waals surface area contributed by atoms with Gasteiger partial charge in [-0.25, -0.2) is 0 Å². The maximum atomic E-state index is 12.0. The molecule has 0 radical (unpaired) electrons. The van der Waals surface area contributed by atoms with Crippen LogP contribution in [0.2, 0.25) is 0 Å². The van der Waals surface area contributed by atoms with Crippen LogP contribution in [0.15, 0.2) is 24.3 Å². The van der Waals surface area contributed by atoms with Crippen LogP contribution in [0.3, 0.4) is 0 Å². The second-order valence-electron chi connectivity index (χ2n) is 5.77. The van der Waals surface area contributed by atoms with Crippen molar-refractivity contribution in [2.75, 3.05) is 11.9 Å². The standard InChI is InChI=1S/C15H23N3O2.ClH/c1-5-17-13(19)10-6-8-11(9-7-10)18-14(20)12(16)15(2,3)4;/h6-9,12H,5,16H2,1-4H3,(H,17,19)(H,18,20);1H/t12-;/m1./s1. The van der Waals surface area contributed by atoms with Crippen molar-refractivity contribution in [3.63, 3.8) is 0 Å². The average Bonchev–Trinajstić information content (AvgIpc) is 2.37. The average molecular weight is 314 g/mol. The number of amides is 2. The number of carbonyl (C=O) groups excluding carboxylic acids is 2. The Bertz CT molecular complexity index is 481. The fourth-order valence-corrected chi connectivity index (χ4v) is 1.58. The maximum Gasteiger partial charge on any atom is 0.251 e. The van der Waals surface area contributed by atoms with Gasteiger partial charge in [-0.2, -0.15) is 0 Å². The molecule has 4 N–H and O–H groups in total. The van der Waals surface area contributed by atoms with Gasteiger partial charge in [0.15, 0.2) is 0 Å². The van der Waals surface area contributed by atoms with Crippen LogP contribution in [0.1, 0.15) is 38.1 Å². The summed E-state index contributed by atoms with van der Waals surface area (Å²) < 4.78 is 0. The largest absolute Gasteiger partial charge is 0.352 e. The van der Waals surface area contributed by atoms with Crippen LogP contribution in [0.4, 0.5) is 5.69 Å². The van der Waals surface area contributed by atoms with E-state index in [1.165, 1.54) is 0 Å². The van der Waals surface area contributed by atoms with Gasteiger partial charge in [0.2, 0.25) is 5.91 Å². The highest BCUT2D eigenvalue weighted by atomic mass is 35.5. The summed E-state index contributed by atoms with van der Waals surface area (Å²) in [5, 5.41) is 5.46. The van der Waals surface area contributed by atoms with E-state index >= 15 is 0 Å². The highest BCUT2D eigenvalue weighted by molar-refractivity contribution is 5.97. The molecule has 0 spiro atoms. The van der Waals surface area contributed by atoms with Crippen molar-refractivity contribution < 1.29 is 9.59 Å². The first-order valence-corrected chi connectivity index (χ1v) is 6.70. The number of hydrogen-bond acceptors (Lipinski definition) is 3. The molecule has 0 saturated heterocycles. The van der Waals surface area contributed by atoms with E-state index in [2.05, 4.69) is 10.6 Å². The third kappa shape index (κ3) is 5.73. The Balaban J connectivity index is 0.00000400. The molecule has 0 heterocycles. The molecule has 0 aliphatic rings. The Labute approximate surface area is 132 Å². The number of nitrogens with two attached hydrogens (primary N) is 1. The molecular weight excluding hydrogens is 290 g/mol. The first kappa shape index (κ1) is 19.4.